The molecule has 0 amide bonds. The highest BCUT2D eigenvalue weighted by Gasteiger charge is 2.27. The first-order valence-electron chi connectivity index (χ1n) is 20.9. The molecule has 0 atom stereocenters. The van der Waals surface area contributed by atoms with Crippen molar-refractivity contribution in [1.82, 2.24) is 0 Å². The summed E-state index contributed by atoms with van der Waals surface area (Å²) < 4.78 is 0. The summed E-state index contributed by atoms with van der Waals surface area (Å²) >= 11 is 0. The van der Waals surface area contributed by atoms with E-state index in [1.165, 1.54) is 130 Å². The fourth-order valence-corrected chi connectivity index (χ4v) is 10.6. The Morgan fingerprint density at radius 2 is 0.586 bits per heavy atom. The molecule has 12 aromatic carbocycles. The normalized spacial score (nSPS) is 13.0. The van der Waals surface area contributed by atoms with Crippen molar-refractivity contribution in [3.05, 3.63) is 169 Å². The molecule has 0 aliphatic rings. The van der Waals surface area contributed by atoms with Gasteiger partial charge in [0.15, 0.2) is 0 Å². The van der Waals surface area contributed by atoms with Crippen LogP contribution in [0.3, 0.4) is 0 Å². The maximum atomic E-state index is 2.46. The number of hydrogen-bond acceptors (Lipinski definition) is 0. The predicted molar refractivity (Wildman–Crippen MR) is 255 cm³/mol. The third-order valence-corrected chi connectivity index (χ3v) is 13.3. The lowest BCUT2D eigenvalue weighted by Crippen LogP contribution is -2.11. The molecule has 0 aliphatic carbocycles. The van der Waals surface area contributed by atoms with Crippen LogP contribution in [0.2, 0.25) is 0 Å². The van der Waals surface area contributed by atoms with Crippen LogP contribution in [-0.4, -0.2) is 0 Å². The van der Waals surface area contributed by atoms with Crippen molar-refractivity contribution in [3.63, 3.8) is 0 Å². The molecular weight excluding hydrogens is 697 g/mol. The fourth-order valence-electron chi connectivity index (χ4n) is 10.6. The second-order valence-electron chi connectivity index (χ2n) is 18.8. The molecule has 276 valence electrons. The van der Waals surface area contributed by atoms with Gasteiger partial charge in [-0.05, 0) is 141 Å². The first kappa shape index (κ1) is 33.6. The molecule has 0 nitrogen and oxygen atoms in total. The first-order valence-corrected chi connectivity index (χ1v) is 20.9. The summed E-state index contributed by atoms with van der Waals surface area (Å²) in [5.41, 5.74) is 7.96. The van der Waals surface area contributed by atoms with Gasteiger partial charge in [-0.1, -0.05) is 199 Å². The Labute approximate surface area is 339 Å². The van der Waals surface area contributed by atoms with E-state index >= 15 is 0 Å². The number of rotatable bonds is 2. The second-order valence-corrected chi connectivity index (χ2v) is 18.8. The molecule has 0 aromatic heterocycles. The van der Waals surface area contributed by atoms with Gasteiger partial charge < -0.3 is 0 Å². The molecule has 0 unspecified atom stereocenters. The van der Waals surface area contributed by atoms with Gasteiger partial charge in [0.05, 0.1) is 0 Å². The summed E-state index contributed by atoms with van der Waals surface area (Å²) in [7, 11) is 0. The second kappa shape index (κ2) is 11.6. The fraction of sp³-hybridized carbons (Fsp3) is 0.138. The lowest BCUT2D eigenvalue weighted by Gasteiger charge is -2.26. The highest BCUT2D eigenvalue weighted by Crippen LogP contribution is 2.55. The van der Waals surface area contributed by atoms with E-state index in [9.17, 15) is 0 Å². The topological polar surface area (TPSA) is 0 Å². The Morgan fingerprint density at radius 1 is 0.259 bits per heavy atom. The molecule has 12 rings (SSSR count). The van der Waals surface area contributed by atoms with Gasteiger partial charge in [0.2, 0.25) is 0 Å². The minimum Gasteiger partial charge on any atom is -0.0622 e. The lowest BCUT2D eigenvalue weighted by molar-refractivity contribution is 0.591. The molecule has 0 N–H and O–H groups in total. The van der Waals surface area contributed by atoms with Crippen LogP contribution in [0.5, 0.6) is 0 Å². The van der Waals surface area contributed by atoms with E-state index in [0.29, 0.717) is 0 Å². The van der Waals surface area contributed by atoms with Crippen LogP contribution in [0.4, 0.5) is 0 Å². The number of hydrogen-bond donors (Lipinski definition) is 0. The summed E-state index contributed by atoms with van der Waals surface area (Å²) in [6.45, 7) is 13.9. The van der Waals surface area contributed by atoms with Gasteiger partial charge in [0, 0.05) is 0 Å². The van der Waals surface area contributed by atoms with Gasteiger partial charge in [-0.2, -0.15) is 0 Å². The quantitative estimate of drug-likeness (QED) is 0.122. The average molecular weight is 741 g/mol. The Bertz CT molecular complexity index is 3370. The van der Waals surface area contributed by atoms with Crippen LogP contribution in [-0.2, 0) is 10.8 Å². The van der Waals surface area contributed by atoms with Crippen LogP contribution < -0.4 is 0 Å². The Kier molecular flexibility index (Phi) is 6.70. The summed E-state index contributed by atoms with van der Waals surface area (Å²) in [5, 5.41) is 23.9. The summed E-state index contributed by atoms with van der Waals surface area (Å²) in [6, 6.07) is 60.7. The molecule has 0 heterocycles. The van der Waals surface area contributed by atoms with E-state index in [2.05, 4.69) is 199 Å². The van der Waals surface area contributed by atoms with Gasteiger partial charge in [-0.3, -0.25) is 0 Å². The van der Waals surface area contributed by atoms with E-state index in [1.54, 1.807) is 0 Å². The molecule has 0 saturated heterocycles. The van der Waals surface area contributed by atoms with Crippen LogP contribution in [0, 0.1) is 0 Å². The molecule has 58 heavy (non-hydrogen) atoms. The van der Waals surface area contributed by atoms with E-state index in [1.807, 2.05) is 0 Å². The molecule has 0 saturated carbocycles. The van der Waals surface area contributed by atoms with Crippen molar-refractivity contribution in [2.24, 2.45) is 0 Å². The lowest BCUT2D eigenvalue weighted by atomic mass is 9.77. The summed E-state index contributed by atoms with van der Waals surface area (Å²) in [4.78, 5) is 0. The molecule has 12 aromatic rings. The van der Waals surface area contributed by atoms with Gasteiger partial charge in [0.1, 0.15) is 0 Å². The zero-order valence-corrected chi connectivity index (χ0v) is 34.0. The highest BCUT2D eigenvalue weighted by atomic mass is 14.3. The van der Waals surface area contributed by atoms with Gasteiger partial charge in [0.25, 0.3) is 0 Å². The SMILES string of the molecule is CC(C)(C)c1cc2ccc3c(-c4ccccc4)c4c5ccccc5c5c(-c6ccccc6)c6ccc7cc(C(C)(C)C)cc8ccc(c6c78)c5c4c4ccc(c1)c2c34. The molecule has 0 bridgehead atoms. The predicted octanol–water partition coefficient (Wildman–Crippen LogP) is 16.9. The van der Waals surface area contributed by atoms with E-state index < -0.39 is 0 Å². The molecule has 0 fully saturated rings. The minimum absolute atomic E-state index is 0.0423. The van der Waals surface area contributed by atoms with Crippen LogP contribution in [0.1, 0.15) is 52.7 Å². The maximum Gasteiger partial charge on any atom is -0.000696 e. The van der Waals surface area contributed by atoms with Crippen molar-refractivity contribution in [2.75, 3.05) is 0 Å². The van der Waals surface area contributed by atoms with Crippen LogP contribution >= 0.6 is 0 Å². The average Bonchev–Trinajstić information content (AvgIpc) is 3.23. The minimum atomic E-state index is 0.0423. The van der Waals surface area contributed by atoms with Gasteiger partial charge in [-0.25, -0.2) is 0 Å². The number of benzene rings is 12. The van der Waals surface area contributed by atoms with E-state index in [-0.39, 0.29) is 10.8 Å². The standard InChI is InChI=1S/C58H44/c1-57(2,3)39-29-35-21-25-43-49(33-15-9-7-10-16-33)53-41-19-13-14-20-42(41)54-50(34-17-11-8-12-18-34)44-26-22-36-30-40(58(4,5)6)32-38-24-28-46(52(44)48(36)38)56(54)55(53)45-27-23-37(31-39)47(35)51(43)45/h7-32H,1-6H3. The smallest absolute Gasteiger partial charge is 0.000696 e. The van der Waals surface area contributed by atoms with Crippen molar-refractivity contribution < 1.29 is 0 Å². The van der Waals surface area contributed by atoms with Gasteiger partial charge in [-0.15, -0.1) is 0 Å². The van der Waals surface area contributed by atoms with Gasteiger partial charge >= 0.3 is 0 Å². The largest absolute Gasteiger partial charge is 0.0622 e. The Hall–Kier alpha value is -6.50. The van der Waals surface area contributed by atoms with Crippen molar-refractivity contribution in [2.45, 2.75) is 52.4 Å². The van der Waals surface area contributed by atoms with Crippen molar-refractivity contribution in [1.29, 1.82) is 0 Å². The van der Waals surface area contributed by atoms with E-state index in [4.69, 9.17) is 0 Å². The third kappa shape index (κ3) is 4.52. The van der Waals surface area contributed by atoms with Crippen molar-refractivity contribution >= 4 is 97.0 Å². The monoisotopic (exact) mass is 740 g/mol. The van der Waals surface area contributed by atoms with Crippen LogP contribution in [0.25, 0.3) is 119 Å². The number of fused-ring (bicyclic) bond motifs is 8. The van der Waals surface area contributed by atoms with Crippen molar-refractivity contribution in [3.8, 4) is 22.3 Å². The Morgan fingerprint density at radius 3 is 0.931 bits per heavy atom. The molecule has 0 radical (unpaired) electrons. The van der Waals surface area contributed by atoms with E-state index in [0.717, 1.165) is 0 Å². The zero-order chi connectivity index (χ0) is 39.2. The third-order valence-electron chi connectivity index (χ3n) is 13.3. The molecule has 0 spiro atoms. The molecule has 0 aliphatic heterocycles. The first-order chi connectivity index (χ1) is 28.1. The molecule has 0 heteroatoms. The molecular formula is C58H44. The highest BCUT2D eigenvalue weighted by molar-refractivity contribution is 6.48. The van der Waals surface area contributed by atoms with Crippen LogP contribution in [0.15, 0.2) is 158 Å². The maximum absolute atomic E-state index is 2.46. The summed E-state index contributed by atoms with van der Waals surface area (Å²) in [6.07, 6.45) is 0. The zero-order valence-electron chi connectivity index (χ0n) is 34.0. The summed E-state index contributed by atoms with van der Waals surface area (Å²) in [5.74, 6) is 0. The Balaban J connectivity index is 1.43.